The van der Waals surface area contributed by atoms with Gasteiger partial charge in [0.25, 0.3) is 0 Å². The van der Waals surface area contributed by atoms with Gasteiger partial charge in [0.05, 0.1) is 29.3 Å². The first-order chi connectivity index (χ1) is 17.3. The Balaban J connectivity index is 1.71. The van der Waals surface area contributed by atoms with Crippen LogP contribution in [-0.2, 0) is 9.84 Å². The minimum atomic E-state index is -4.04. The third kappa shape index (κ3) is 4.07. The lowest BCUT2D eigenvalue weighted by molar-refractivity contribution is 0.414. The number of nitrogens with zero attached hydrogens (tertiary/aromatic N) is 4. The van der Waals surface area contributed by atoms with Crippen molar-refractivity contribution >= 4 is 44.1 Å². The molecule has 9 heteroatoms. The number of nitrogens with two attached hydrogens (primary N) is 1. The van der Waals surface area contributed by atoms with Gasteiger partial charge in [0.15, 0.2) is 5.65 Å². The van der Waals surface area contributed by atoms with Gasteiger partial charge >= 0.3 is 0 Å². The second kappa shape index (κ2) is 9.09. The molecule has 182 valence electrons. The third-order valence-electron chi connectivity index (χ3n) is 5.99. The molecular weight excluding hydrogens is 474 g/mol. The van der Waals surface area contributed by atoms with Crippen molar-refractivity contribution in [3.8, 4) is 5.75 Å². The Kier molecular flexibility index (Phi) is 5.93. The fraction of sp³-hybridized carbons (Fsp3) is 0.148. The Morgan fingerprint density at radius 1 is 0.944 bits per heavy atom. The van der Waals surface area contributed by atoms with Crippen LogP contribution in [0.5, 0.6) is 5.75 Å². The van der Waals surface area contributed by atoms with E-state index in [1.807, 2.05) is 36.4 Å². The summed E-state index contributed by atoms with van der Waals surface area (Å²) in [6.45, 7) is 4.26. The smallest absolute Gasteiger partial charge is 0.212 e. The largest absolute Gasteiger partial charge is 0.497 e. The van der Waals surface area contributed by atoms with E-state index in [1.54, 1.807) is 30.5 Å². The van der Waals surface area contributed by atoms with Crippen molar-refractivity contribution in [2.45, 2.75) is 29.6 Å². The van der Waals surface area contributed by atoms with Gasteiger partial charge in [0, 0.05) is 0 Å². The van der Waals surface area contributed by atoms with Crippen LogP contribution in [0.1, 0.15) is 30.9 Å². The summed E-state index contributed by atoms with van der Waals surface area (Å²) in [7, 11) is -2.53. The van der Waals surface area contributed by atoms with Crippen LogP contribution in [0, 0.1) is 0 Å². The molecule has 0 aliphatic heterocycles. The SMILES string of the molecule is COc1ccc(S(=O)(=O)c2c(N)n(/N=C/c3ccc(C(C)C)cc3)c3nc4ccccc4nc23)cc1. The summed E-state index contributed by atoms with van der Waals surface area (Å²) < 4.78 is 34.0. The zero-order valence-electron chi connectivity index (χ0n) is 20.1. The number of aromatic nitrogens is 3. The quantitative estimate of drug-likeness (QED) is 0.329. The molecule has 0 bridgehead atoms. The van der Waals surface area contributed by atoms with Crippen molar-refractivity contribution in [1.82, 2.24) is 14.6 Å². The summed E-state index contributed by atoms with van der Waals surface area (Å²) in [6.07, 6.45) is 1.63. The highest BCUT2D eigenvalue weighted by Crippen LogP contribution is 2.35. The second-order valence-electron chi connectivity index (χ2n) is 8.66. The van der Waals surface area contributed by atoms with Gasteiger partial charge < -0.3 is 10.5 Å². The van der Waals surface area contributed by atoms with Crippen molar-refractivity contribution in [1.29, 1.82) is 0 Å². The summed E-state index contributed by atoms with van der Waals surface area (Å²) >= 11 is 0. The van der Waals surface area contributed by atoms with Gasteiger partial charge in [0.1, 0.15) is 22.0 Å². The lowest BCUT2D eigenvalue weighted by Gasteiger charge is -2.06. The summed E-state index contributed by atoms with van der Waals surface area (Å²) in [5.74, 6) is 0.892. The number of ether oxygens (including phenoxy) is 1. The topological polar surface area (TPSA) is 112 Å². The maximum atomic E-state index is 13.7. The van der Waals surface area contributed by atoms with E-state index >= 15 is 0 Å². The van der Waals surface area contributed by atoms with Crippen LogP contribution in [0.3, 0.4) is 0 Å². The van der Waals surface area contributed by atoms with Gasteiger partial charge in [-0.1, -0.05) is 50.2 Å². The van der Waals surface area contributed by atoms with E-state index in [9.17, 15) is 8.42 Å². The molecular formula is C27H25N5O3S. The zero-order chi connectivity index (χ0) is 25.4. The summed E-state index contributed by atoms with van der Waals surface area (Å²) in [5, 5.41) is 4.52. The average molecular weight is 500 g/mol. The molecule has 0 aliphatic rings. The van der Waals surface area contributed by atoms with E-state index in [4.69, 9.17) is 10.5 Å². The molecule has 36 heavy (non-hydrogen) atoms. The number of hydrogen-bond donors (Lipinski definition) is 1. The Morgan fingerprint density at radius 2 is 1.58 bits per heavy atom. The third-order valence-corrected chi connectivity index (χ3v) is 7.83. The molecule has 0 radical (unpaired) electrons. The molecule has 2 N–H and O–H groups in total. The predicted octanol–water partition coefficient (Wildman–Crippen LogP) is 5.01. The standard InChI is InChI=1S/C27H25N5O3S/c1-17(2)19-10-8-18(9-11-19)16-29-32-26(28)25(36(33,34)21-14-12-20(35-3)13-15-21)24-27(32)31-23-7-5-4-6-22(23)30-24/h4-17H,28H2,1-3H3/b29-16+. The molecule has 0 fully saturated rings. The van der Waals surface area contributed by atoms with Crippen LogP contribution >= 0.6 is 0 Å². The number of rotatable bonds is 6. The maximum absolute atomic E-state index is 13.7. The first kappa shape index (κ1) is 23.5. The van der Waals surface area contributed by atoms with E-state index in [0.29, 0.717) is 22.7 Å². The molecule has 2 aromatic heterocycles. The Morgan fingerprint density at radius 3 is 2.19 bits per heavy atom. The molecule has 0 saturated carbocycles. The number of para-hydroxylation sites is 2. The molecule has 0 amide bonds. The number of sulfone groups is 1. The van der Waals surface area contributed by atoms with E-state index in [1.165, 1.54) is 29.5 Å². The van der Waals surface area contributed by atoms with Crippen molar-refractivity contribution in [2.24, 2.45) is 5.10 Å². The number of fused-ring (bicyclic) bond motifs is 2. The molecule has 0 saturated heterocycles. The van der Waals surface area contributed by atoms with Gasteiger partial charge in [-0.3, -0.25) is 0 Å². The van der Waals surface area contributed by atoms with Crippen molar-refractivity contribution in [3.05, 3.63) is 83.9 Å². The van der Waals surface area contributed by atoms with Gasteiger partial charge in [-0.15, -0.1) is 0 Å². The molecule has 2 heterocycles. The molecule has 0 atom stereocenters. The highest BCUT2D eigenvalue weighted by atomic mass is 32.2. The van der Waals surface area contributed by atoms with Gasteiger partial charge in [-0.25, -0.2) is 18.4 Å². The van der Waals surface area contributed by atoms with Gasteiger partial charge in [-0.05, 0) is 53.4 Å². The fourth-order valence-electron chi connectivity index (χ4n) is 3.97. The maximum Gasteiger partial charge on any atom is 0.212 e. The van der Waals surface area contributed by atoms with Gasteiger partial charge in [0.2, 0.25) is 9.84 Å². The van der Waals surface area contributed by atoms with Gasteiger partial charge in [-0.2, -0.15) is 9.78 Å². The second-order valence-corrected chi connectivity index (χ2v) is 10.5. The fourth-order valence-corrected chi connectivity index (χ4v) is 5.45. The Labute approximate surface area is 209 Å². The molecule has 3 aromatic carbocycles. The number of methoxy groups -OCH3 is 1. The Bertz CT molecular complexity index is 1710. The predicted molar refractivity (Wildman–Crippen MR) is 141 cm³/mol. The van der Waals surface area contributed by atoms with Crippen LogP contribution in [-0.4, -0.2) is 36.4 Å². The lowest BCUT2D eigenvalue weighted by Crippen LogP contribution is -2.06. The first-order valence-electron chi connectivity index (χ1n) is 11.4. The minimum absolute atomic E-state index is 0.0637. The minimum Gasteiger partial charge on any atom is -0.497 e. The van der Waals surface area contributed by atoms with Crippen LogP contribution in [0.2, 0.25) is 0 Å². The van der Waals surface area contributed by atoms with E-state index in [0.717, 1.165) is 5.56 Å². The molecule has 5 rings (SSSR count). The highest BCUT2D eigenvalue weighted by molar-refractivity contribution is 7.92. The summed E-state index contributed by atoms with van der Waals surface area (Å²) in [6, 6.07) is 21.4. The summed E-state index contributed by atoms with van der Waals surface area (Å²) in [4.78, 5) is 9.23. The van der Waals surface area contributed by atoms with Crippen molar-refractivity contribution < 1.29 is 13.2 Å². The van der Waals surface area contributed by atoms with Crippen LogP contribution in [0.4, 0.5) is 5.82 Å². The van der Waals surface area contributed by atoms with Crippen molar-refractivity contribution in [3.63, 3.8) is 0 Å². The first-order valence-corrected chi connectivity index (χ1v) is 12.9. The van der Waals surface area contributed by atoms with E-state index < -0.39 is 9.84 Å². The lowest BCUT2D eigenvalue weighted by atomic mass is 10.0. The monoisotopic (exact) mass is 499 g/mol. The van der Waals surface area contributed by atoms with E-state index in [-0.39, 0.29) is 26.8 Å². The molecule has 0 unspecified atom stereocenters. The average Bonchev–Trinajstić information content (AvgIpc) is 3.16. The van der Waals surface area contributed by atoms with Crippen molar-refractivity contribution in [2.75, 3.05) is 12.8 Å². The highest BCUT2D eigenvalue weighted by Gasteiger charge is 2.30. The number of anilines is 1. The normalized spacial score (nSPS) is 12.2. The zero-order valence-corrected chi connectivity index (χ0v) is 20.9. The summed E-state index contributed by atoms with van der Waals surface area (Å²) in [5.41, 5.74) is 10.1. The molecule has 5 aromatic rings. The number of nitrogen functional groups attached to an aromatic ring is 1. The molecule has 8 nitrogen and oxygen atoms in total. The molecule has 0 spiro atoms. The van der Waals surface area contributed by atoms with Crippen LogP contribution < -0.4 is 10.5 Å². The van der Waals surface area contributed by atoms with E-state index in [2.05, 4.69) is 28.9 Å². The van der Waals surface area contributed by atoms with Crippen LogP contribution in [0.25, 0.3) is 22.2 Å². The number of hydrogen-bond acceptors (Lipinski definition) is 7. The molecule has 0 aliphatic carbocycles. The number of benzene rings is 3. The van der Waals surface area contributed by atoms with Crippen LogP contribution in [0.15, 0.2) is 87.7 Å². The Hall–Kier alpha value is -4.24.